The molecule has 1 aliphatic rings. The normalized spacial score (nSPS) is 14.8. The van der Waals surface area contributed by atoms with Gasteiger partial charge in [0.15, 0.2) is 0 Å². The quantitative estimate of drug-likeness (QED) is 0.739. The van der Waals surface area contributed by atoms with Crippen LogP contribution in [0.15, 0.2) is 48.8 Å². The van der Waals surface area contributed by atoms with Gasteiger partial charge >= 0.3 is 0 Å². The number of nitrogens with zero attached hydrogens (tertiary/aromatic N) is 3. The van der Waals surface area contributed by atoms with Gasteiger partial charge in [-0.05, 0) is 23.8 Å². The summed E-state index contributed by atoms with van der Waals surface area (Å²) in [6.45, 7) is 2.52. The highest BCUT2D eigenvalue weighted by Crippen LogP contribution is 2.22. The minimum absolute atomic E-state index is 0.0347. The summed E-state index contributed by atoms with van der Waals surface area (Å²) in [7, 11) is 2.06. The number of morpholine rings is 1. The largest absolute Gasteiger partial charge is 0.378 e. The molecule has 3 aromatic rings. The first kappa shape index (κ1) is 15.8. The maximum atomic E-state index is 12.5. The zero-order valence-electron chi connectivity index (χ0n) is 14.3. The van der Waals surface area contributed by atoms with Crippen molar-refractivity contribution in [2.75, 3.05) is 26.3 Å². The van der Waals surface area contributed by atoms with E-state index in [1.165, 1.54) is 16.5 Å². The second-order valence-corrected chi connectivity index (χ2v) is 6.40. The molecule has 2 aromatic heterocycles. The Morgan fingerprint density at radius 2 is 1.96 bits per heavy atom. The Morgan fingerprint density at radius 3 is 2.72 bits per heavy atom. The van der Waals surface area contributed by atoms with Crippen molar-refractivity contribution in [2.45, 2.75) is 6.42 Å². The monoisotopic (exact) mass is 335 g/mol. The van der Waals surface area contributed by atoms with Gasteiger partial charge in [0.25, 0.3) is 5.91 Å². The number of pyridine rings is 1. The molecule has 1 amide bonds. The summed E-state index contributed by atoms with van der Waals surface area (Å²) in [6.07, 6.45) is 4.60. The number of amides is 1. The van der Waals surface area contributed by atoms with E-state index in [0.29, 0.717) is 31.9 Å². The fourth-order valence-corrected chi connectivity index (χ4v) is 3.37. The third-order valence-corrected chi connectivity index (χ3v) is 4.72. The zero-order chi connectivity index (χ0) is 17.2. The number of fused-ring (bicyclic) bond motifs is 1. The van der Waals surface area contributed by atoms with Gasteiger partial charge in [0, 0.05) is 55.5 Å². The number of para-hydroxylation sites is 1. The molecule has 0 saturated carbocycles. The highest BCUT2D eigenvalue weighted by Gasteiger charge is 2.18. The lowest BCUT2D eigenvalue weighted by molar-refractivity contribution is 0.0302. The van der Waals surface area contributed by atoms with Crippen molar-refractivity contribution < 1.29 is 9.53 Å². The van der Waals surface area contributed by atoms with E-state index in [-0.39, 0.29) is 5.91 Å². The van der Waals surface area contributed by atoms with Crippen LogP contribution in [0.25, 0.3) is 10.9 Å². The molecular formula is C20H21N3O2. The molecule has 0 atom stereocenters. The Bertz CT molecular complexity index is 893. The number of hydrogen-bond donors (Lipinski definition) is 0. The second-order valence-electron chi connectivity index (χ2n) is 6.40. The van der Waals surface area contributed by atoms with Crippen molar-refractivity contribution in [3.8, 4) is 0 Å². The Morgan fingerprint density at radius 1 is 1.16 bits per heavy atom. The highest BCUT2D eigenvalue weighted by atomic mass is 16.5. The fraction of sp³-hybridized carbons (Fsp3) is 0.300. The van der Waals surface area contributed by atoms with Crippen molar-refractivity contribution >= 4 is 16.8 Å². The lowest BCUT2D eigenvalue weighted by Gasteiger charge is -2.26. The Kier molecular flexibility index (Phi) is 4.24. The summed E-state index contributed by atoms with van der Waals surface area (Å²) in [4.78, 5) is 18.8. The molecule has 25 heavy (non-hydrogen) atoms. The number of carbonyl (C=O) groups excluding carboxylic acids is 1. The van der Waals surface area contributed by atoms with Crippen LogP contribution in [0.2, 0.25) is 0 Å². The summed E-state index contributed by atoms with van der Waals surface area (Å²) >= 11 is 0. The second kappa shape index (κ2) is 6.69. The van der Waals surface area contributed by atoms with Crippen LogP contribution in [-0.2, 0) is 18.2 Å². The van der Waals surface area contributed by atoms with E-state index < -0.39 is 0 Å². The zero-order valence-corrected chi connectivity index (χ0v) is 14.3. The van der Waals surface area contributed by atoms with Gasteiger partial charge in [-0.3, -0.25) is 9.78 Å². The molecule has 0 unspecified atom stereocenters. The Hall–Kier alpha value is -2.66. The van der Waals surface area contributed by atoms with Crippen LogP contribution in [0.3, 0.4) is 0 Å². The van der Waals surface area contributed by atoms with E-state index in [1.807, 2.05) is 17.0 Å². The average Bonchev–Trinajstić information content (AvgIpc) is 2.98. The predicted octanol–water partition coefficient (Wildman–Crippen LogP) is 2.64. The molecule has 0 radical (unpaired) electrons. The summed E-state index contributed by atoms with van der Waals surface area (Å²) in [5.74, 6) is 0.0347. The van der Waals surface area contributed by atoms with E-state index in [1.54, 1.807) is 6.20 Å². The average molecular weight is 335 g/mol. The van der Waals surface area contributed by atoms with Crippen molar-refractivity contribution in [2.24, 2.45) is 7.05 Å². The smallest absolute Gasteiger partial charge is 0.255 e. The van der Waals surface area contributed by atoms with Crippen LogP contribution < -0.4 is 0 Å². The summed E-state index contributed by atoms with van der Waals surface area (Å²) < 4.78 is 7.44. The first-order valence-electron chi connectivity index (χ1n) is 8.57. The van der Waals surface area contributed by atoms with Crippen LogP contribution in [0.4, 0.5) is 0 Å². The van der Waals surface area contributed by atoms with E-state index in [9.17, 15) is 4.79 Å². The number of benzene rings is 1. The van der Waals surface area contributed by atoms with Gasteiger partial charge in [0.05, 0.1) is 18.8 Å². The van der Waals surface area contributed by atoms with Crippen LogP contribution in [0, 0.1) is 0 Å². The topological polar surface area (TPSA) is 47.4 Å². The van der Waals surface area contributed by atoms with Crippen LogP contribution >= 0.6 is 0 Å². The van der Waals surface area contributed by atoms with Crippen molar-refractivity contribution in [3.63, 3.8) is 0 Å². The molecule has 5 nitrogen and oxygen atoms in total. The lowest BCUT2D eigenvalue weighted by Crippen LogP contribution is -2.40. The van der Waals surface area contributed by atoms with Gasteiger partial charge in [0.2, 0.25) is 0 Å². The lowest BCUT2D eigenvalue weighted by atomic mass is 10.1. The molecule has 3 heterocycles. The molecule has 0 N–H and O–H groups in total. The summed E-state index contributed by atoms with van der Waals surface area (Å²) in [6, 6.07) is 12.2. The van der Waals surface area contributed by atoms with Gasteiger partial charge in [-0.25, -0.2) is 0 Å². The molecule has 5 heteroatoms. The third kappa shape index (κ3) is 3.15. The number of hydrogen-bond acceptors (Lipinski definition) is 3. The maximum Gasteiger partial charge on any atom is 0.255 e. The molecule has 0 bridgehead atoms. The van der Waals surface area contributed by atoms with Gasteiger partial charge in [-0.15, -0.1) is 0 Å². The molecule has 1 saturated heterocycles. The molecule has 4 rings (SSSR count). The highest BCUT2D eigenvalue weighted by molar-refractivity contribution is 5.94. The van der Waals surface area contributed by atoms with E-state index in [4.69, 9.17) is 4.74 Å². The standard InChI is InChI=1S/C20H21N3O2/c1-22-14-16(18-4-2-3-5-19(18)22)12-17-7-6-15(13-21-17)20(24)23-8-10-25-11-9-23/h2-7,13-14H,8-12H2,1H3. The first-order chi connectivity index (χ1) is 12.2. The minimum atomic E-state index is 0.0347. The minimum Gasteiger partial charge on any atom is -0.378 e. The SMILES string of the molecule is Cn1cc(Cc2ccc(C(=O)N3CCOCC3)cn2)c2ccccc21. The summed E-state index contributed by atoms with van der Waals surface area (Å²) in [5, 5.41) is 1.25. The number of carbonyl (C=O) groups is 1. The number of aromatic nitrogens is 2. The van der Waals surface area contributed by atoms with Crippen molar-refractivity contribution in [1.82, 2.24) is 14.5 Å². The fourth-order valence-electron chi connectivity index (χ4n) is 3.37. The van der Waals surface area contributed by atoms with Crippen molar-refractivity contribution in [1.29, 1.82) is 0 Å². The molecular weight excluding hydrogens is 314 g/mol. The van der Waals surface area contributed by atoms with Gasteiger partial charge < -0.3 is 14.2 Å². The third-order valence-electron chi connectivity index (χ3n) is 4.72. The number of aryl methyl sites for hydroxylation is 1. The molecule has 1 fully saturated rings. The first-order valence-corrected chi connectivity index (χ1v) is 8.57. The van der Waals surface area contributed by atoms with E-state index in [0.717, 1.165) is 12.1 Å². The molecule has 0 aliphatic carbocycles. The number of ether oxygens (including phenoxy) is 1. The molecule has 128 valence electrons. The number of rotatable bonds is 3. The predicted molar refractivity (Wildman–Crippen MR) is 96.7 cm³/mol. The summed E-state index contributed by atoms with van der Waals surface area (Å²) in [5.41, 5.74) is 4.08. The molecule has 0 spiro atoms. The van der Waals surface area contributed by atoms with Crippen LogP contribution in [-0.4, -0.2) is 46.7 Å². The van der Waals surface area contributed by atoms with Gasteiger partial charge in [-0.1, -0.05) is 18.2 Å². The van der Waals surface area contributed by atoms with E-state index in [2.05, 4.69) is 47.1 Å². The molecule has 1 aromatic carbocycles. The van der Waals surface area contributed by atoms with Crippen molar-refractivity contribution in [3.05, 3.63) is 65.6 Å². The maximum absolute atomic E-state index is 12.5. The van der Waals surface area contributed by atoms with E-state index >= 15 is 0 Å². The van der Waals surface area contributed by atoms with Crippen LogP contribution in [0.5, 0.6) is 0 Å². The van der Waals surface area contributed by atoms with Crippen LogP contribution in [0.1, 0.15) is 21.6 Å². The Labute approximate surface area is 146 Å². The molecule has 1 aliphatic heterocycles. The van der Waals surface area contributed by atoms with Gasteiger partial charge in [-0.2, -0.15) is 0 Å². The van der Waals surface area contributed by atoms with Gasteiger partial charge in [0.1, 0.15) is 0 Å². The Balaban J connectivity index is 1.53.